The number of rotatable bonds is 4. The van der Waals surface area contributed by atoms with Crippen LogP contribution in [0.4, 0.5) is 5.69 Å². The number of aromatic nitrogens is 1. The van der Waals surface area contributed by atoms with E-state index in [4.69, 9.17) is 0 Å². The Hall–Kier alpha value is -2.63. The van der Waals surface area contributed by atoms with Crippen molar-refractivity contribution in [2.24, 2.45) is 0 Å². The van der Waals surface area contributed by atoms with Gasteiger partial charge in [0.2, 0.25) is 0 Å². The van der Waals surface area contributed by atoms with Crippen molar-refractivity contribution in [3.63, 3.8) is 0 Å². The maximum atomic E-state index is 12.0. The van der Waals surface area contributed by atoms with Crippen molar-refractivity contribution in [3.05, 3.63) is 63.5 Å². The highest BCUT2D eigenvalue weighted by atomic mass is 16.6. The highest BCUT2D eigenvalue weighted by Crippen LogP contribution is 2.22. The van der Waals surface area contributed by atoms with Gasteiger partial charge < -0.3 is 10.3 Å². The number of hydrogen-bond donors (Lipinski definition) is 2. The molecule has 0 saturated heterocycles. The lowest BCUT2D eigenvalue weighted by atomic mass is 10.1. The predicted molar refractivity (Wildman–Crippen MR) is 69.8 cm³/mol. The van der Waals surface area contributed by atoms with Crippen molar-refractivity contribution < 1.29 is 9.72 Å². The summed E-state index contributed by atoms with van der Waals surface area (Å²) >= 11 is 0. The van der Waals surface area contributed by atoms with E-state index in [-0.39, 0.29) is 11.3 Å². The number of nitro benzene ring substituents is 1. The number of aryl methyl sites for hydroxylation is 1. The molecule has 2 aromatic rings. The summed E-state index contributed by atoms with van der Waals surface area (Å²) < 4.78 is 0. The fourth-order valence-corrected chi connectivity index (χ4v) is 1.83. The third kappa shape index (κ3) is 2.79. The number of hydrogen-bond acceptors (Lipinski definition) is 3. The van der Waals surface area contributed by atoms with Crippen molar-refractivity contribution in [2.75, 3.05) is 0 Å². The molecule has 0 aliphatic carbocycles. The van der Waals surface area contributed by atoms with Crippen molar-refractivity contribution >= 4 is 11.6 Å². The molecule has 0 fully saturated rings. The molecule has 0 radical (unpaired) electrons. The fraction of sp³-hybridized carbons (Fsp3) is 0.154. The third-order valence-electron chi connectivity index (χ3n) is 2.78. The summed E-state index contributed by atoms with van der Waals surface area (Å²) in [5, 5.41) is 13.7. The first kappa shape index (κ1) is 12.8. The molecular formula is C13H13N3O3. The Kier molecular flexibility index (Phi) is 3.61. The van der Waals surface area contributed by atoms with Crippen LogP contribution in [-0.2, 0) is 6.54 Å². The molecule has 0 bridgehead atoms. The first-order valence-electron chi connectivity index (χ1n) is 5.73. The van der Waals surface area contributed by atoms with Crippen LogP contribution in [0.15, 0.2) is 36.7 Å². The lowest BCUT2D eigenvalue weighted by Gasteiger charge is -2.06. The van der Waals surface area contributed by atoms with Gasteiger partial charge in [-0.05, 0) is 24.6 Å². The van der Waals surface area contributed by atoms with Crippen LogP contribution >= 0.6 is 0 Å². The smallest absolute Gasteiger partial charge is 0.285 e. The molecule has 0 atom stereocenters. The van der Waals surface area contributed by atoms with Gasteiger partial charge in [-0.1, -0.05) is 12.1 Å². The molecule has 1 aromatic carbocycles. The Bertz CT molecular complexity index is 606. The summed E-state index contributed by atoms with van der Waals surface area (Å²) in [6.07, 6.45) is 3.50. The van der Waals surface area contributed by atoms with E-state index in [0.717, 1.165) is 5.56 Å². The highest BCUT2D eigenvalue weighted by Gasteiger charge is 2.21. The minimum Gasteiger partial charge on any atom is -0.367 e. The molecule has 19 heavy (non-hydrogen) atoms. The van der Waals surface area contributed by atoms with Crippen molar-refractivity contribution in [2.45, 2.75) is 13.5 Å². The first-order valence-corrected chi connectivity index (χ1v) is 5.73. The number of nitrogens with one attached hydrogen (secondary N) is 2. The van der Waals surface area contributed by atoms with Gasteiger partial charge >= 0.3 is 0 Å². The number of carbonyl (C=O) groups is 1. The normalized spacial score (nSPS) is 10.2. The molecule has 0 unspecified atom stereocenters. The molecule has 1 aromatic heterocycles. The number of amides is 1. The summed E-state index contributed by atoms with van der Waals surface area (Å²) in [4.78, 5) is 25.3. The van der Waals surface area contributed by atoms with Gasteiger partial charge in [-0.3, -0.25) is 14.9 Å². The highest BCUT2D eigenvalue weighted by molar-refractivity contribution is 5.98. The molecule has 1 heterocycles. The number of nitrogens with zero attached hydrogens (tertiary/aromatic N) is 1. The first-order chi connectivity index (χ1) is 9.09. The molecule has 98 valence electrons. The Morgan fingerprint density at radius 3 is 2.84 bits per heavy atom. The second-order valence-corrected chi connectivity index (χ2v) is 4.13. The van der Waals surface area contributed by atoms with E-state index >= 15 is 0 Å². The van der Waals surface area contributed by atoms with E-state index in [1.165, 1.54) is 6.07 Å². The van der Waals surface area contributed by atoms with Crippen LogP contribution in [0.2, 0.25) is 0 Å². The SMILES string of the molecule is Cc1cccc(C(=O)NCc2cc[nH]c2)c1[N+](=O)[O-]. The van der Waals surface area contributed by atoms with Crippen molar-refractivity contribution in [3.8, 4) is 0 Å². The summed E-state index contributed by atoms with van der Waals surface area (Å²) in [7, 11) is 0. The van der Waals surface area contributed by atoms with Gasteiger partial charge in [-0.15, -0.1) is 0 Å². The van der Waals surface area contributed by atoms with E-state index < -0.39 is 10.8 Å². The number of para-hydroxylation sites is 1. The zero-order chi connectivity index (χ0) is 13.8. The monoisotopic (exact) mass is 259 g/mol. The standard InChI is InChI=1S/C13H13N3O3/c1-9-3-2-4-11(12(9)16(18)19)13(17)15-8-10-5-6-14-7-10/h2-7,14H,8H2,1H3,(H,15,17). The number of carbonyl (C=O) groups excluding carboxylic acids is 1. The Morgan fingerprint density at radius 2 is 2.21 bits per heavy atom. The Morgan fingerprint density at radius 1 is 1.42 bits per heavy atom. The van der Waals surface area contributed by atoms with E-state index in [9.17, 15) is 14.9 Å². The van der Waals surface area contributed by atoms with Crippen LogP contribution in [0.3, 0.4) is 0 Å². The average molecular weight is 259 g/mol. The molecule has 0 aliphatic rings. The van der Waals surface area contributed by atoms with Gasteiger partial charge in [-0.25, -0.2) is 0 Å². The van der Waals surface area contributed by atoms with Crippen LogP contribution in [-0.4, -0.2) is 15.8 Å². The van der Waals surface area contributed by atoms with E-state index in [1.807, 2.05) is 6.07 Å². The molecule has 0 spiro atoms. The van der Waals surface area contributed by atoms with E-state index in [0.29, 0.717) is 12.1 Å². The van der Waals surface area contributed by atoms with Gasteiger partial charge in [0, 0.05) is 24.5 Å². The number of H-pyrrole nitrogens is 1. The fourth-order valence-electron chi connectivity index (χ4n) is 1.83. The van der Waals surface area contributed by atoms with E-state index in [1.54, 1.807) is 31.5 Å². The van der Waals surface area contributed by atoms with Gasteiger partial charge in [0.05, 0.1) is 4.92 Å². The zero-order valence-corrected chi connectivity index (χ0v) is 10.3. The maximum Gasteiger partial charge on any atom is 0.285 e. The number of benzene rings is 1. The van der Waals surface area contributed by atoms with Gasteiger partial charge in [-0.2, -0.15) is 0 Å². The zero-order valence-electron chi connectivity index (χ0n) is 10.3. The van der Waals surface area contributed by atoms with Crippen molar-refractivity contribution in [1.29, 1.82) is 0 Å². The molecule has 0 saturated carbocycles. The number of aromatic amines is 1. The summed E-state index contributed by atoms with van der Waals surface area (Å²) in [5.74, 6) is -0.448. The molecule has 1 amide bonds. The van der Waals surface area contributed by atoms with Crippen LogP contribution < -0.4 is 5.32 Å². The Labute approximate surface area is 109 Å². The topological polar surface area (TPSA) is 88.0 Å². The van der Waals surface area contributed by atoms with E-state index in [2.05, 4.69) is 10.3 Å². The van der Waals surface area contributed by atoms with Gasteiger partial charge in [0.1, 0.15) is 5.56 Å². The summed E-state index contributed by atoms with van der Waals surface area (Å²) in [6.45, 7) is 1.94. The van der Waals surface area contributed by atoms with Gasteiger partial charge in [0.15, 0.2) is 0 Å². The lowest BCUT2D eigenvalue weighted by molar-refractivity contribution is -0.385. The Balaban J connectivity index is 2.19. The molecule has 0 aliphatic heterocycles. The predicted octanol–water partition coefficient (Wildman–Crippen LogP) is 2.16. The van der Waals surface area contributed by atoms with Crippen LogP contribution in [0.5, 0.6) is 0 Å². The minimum absolute atomic E-state index is 0.0838. The second-order valence-electron chi connectivity index (χ2n) is 4.13. The molecule has 2 rings (SSSR count). The molecule has 6 heteroatoms. The molecular weight excluding hydrogens is 246 g/mol. The summed E-state index contributed by atoms with van der Waals surface area (Å²) in [5.41, 5.74) is 1.32. The second kappa shape index (κ2) is 5.34. The van der Waals surface area contributed by atoms with Crippen molar-refractivity contribution in [1.82, 2.24) is 10.3 Å². The third-order valence-corrected chi connectivity index (χ3v) is 2.78. The van der Waals surface area contributed by atoms with Crippen LogP contribution in [0.1, 0.15) is 21.5 Å². The molecule has 2 N–H and O–H groups in total. The quantitative estimate of drug-likeness (QED) is 0.651. The molecule has 6 nitrogen and oxygen atoms in total. The van der Waals surface area contributed by atoms with Crippen LogP contribution in [0, 0.1) is 17.0 Å². The lowest BCUT2D eigenvalue weighted by Crippen LogP contribution is -2.23. The largest absolute Gasteiger partial charge is 0.367 e. The minimum atomic E-state index is -0.527. The number of nitro groups is 1. The van der Waals surface area contributed by atoms with Gasteiger partial charge in [0.25, 0.3) is 11.6 Å². The average Bonchev–Trinajstić information content (AvgIpc) is 2.88. The van der Waals surface area contributed by atoms with Crippen LogP contribution in [0.25, 0.3) is 0 Å². The summed E-state index contributed by atoms with van der Waals surface area (Å²) in [6, 6.07) is 6.52. The maximum absolute atomic E-state index is 12.0.